The normalized spacial score (nSPS) is 22.4. The van der Waals surface area contributed by atoms with Crippen LogP contribution in [0.25, 0.3) is 0 Å². The number of benzene rings is 2. The van der Waals surface area contributed by atoms with Gasteiger partial charge < -0.3 is 48.4 Å². The summed E-state index contributed by atoms with van der Waals surface area (Å²) in [5, 5.41) is 23.4. The zero-order valence-corrected chi connectivity index (χ0v) is 39.1. The van der Waals surface area contributed by atoms with Gasteiger partial charge in [0, 0.05) is 31.0 Å². The smallest absolute Gasteiger partial charge is 0.417 e. The predicted molar refractivity (Wildman–Crippen MR) is 245 cm³/mol. The van der Waals surface area contributed by atoms with E-state index in [0.29, 0.717) is 37.9 Å². The topological polar surface area (TPSA) is 177 Å². The largest absolute Gasteiger partial charge is 0.493 e. The van der Waals surface area contributed by atoms with E-state index in [1.165, 1.54) is 36.2 Å². The SMILES string of the molecule is C=C1C[C@H]2C(O)N(C(=O)OCC3(SSCC)CCC3)c3cc(OCCCCCOc4cc5c(cc4OC)C(=O)N4CC(=C)C[C@H]4C(O)N5C(=O)OC(C)(C)C)c(OC)cc3C(=O)N2C1. The van der Waals surface area contributed by atoms with Crippen molar-refractivity contribution in [3.63, 3.8) is 0 Å². The van der Waals surface area contributed by atoms with Gasteiger partial charge in [0.1, 0.15) is 12.2 Å². The van der Waals surface area contributed by atoms with E-state index < -0.39 is 42.3 Å². The summed E-state index contributed by atoms with van der Waals surface area (Å²) in [4.78, 5) is 60.9. The van der Waals surface area contributed by atoms with Crippen molar-refractivity contribution in [2.45, 2.75) is 114 Å². The van der Waals surface area contributed by atoms with Crippen LogP contribution in [0.4, 0.5) is 21.0 Å². The molecule has 0 radical (unpaired) electrons. The van der Waals surface area contributed by atoms with Crippen molar-refractivity contribution in [2.75, 3.05) is 62.7 Å². The highest BCUT2D eigenvalue weighted by Gasteiger charge is 2.49. The Morgan fingerprint density at radius 1 is 0.766 bits per heavy atom. The molecule has 4 atom stereocenters. The molecule has 1 saturated carbocycles. The van der Waals surface area contributed by atoms with Crippen LogP contribution in [0.1, 0.15) is 99.8 Å². The lowest BCUT2D eigenvalue weighted by Crippen LogP contribution is -2.51. The molecule has 4 amide bonds. The van der Waals surface area contributed by atoms with E-state index in [0.717, 1.165) is 41.1 Å². The molecule has 2 saturated heterocycles. The van der Waals surface area contributed by atoms with Crippen molar-refractivity contribution in [3.8, 4) is 23.0 Å². The van der Waals surface area contributed by atoms with Gasteiger partial charge in [-0.1, -0.05) is 59.2 Å². The first-order valence-electron chi connectivity index (χ1n) is 21.8. The first kappa shape index (κ1) is 47.2. The first-order valence-corrected chi connectivity index (χ1v) is 24.1. The molecule has 7 rings (SSSR count). The molecule has 4 heterocycles. The van der Waals surface area contributed by atoms with Gasteiger partial charge in [0.2, 0.25) is 0 Å². The van der Waals surface area contributed by atoms with Crippen LogP contribution in [0, 0.1) is 0 Å². The molecule has 2 unspecified atom stereocenters. The molecule has 2 aromatic rings. The molecule has 1 aliphatic carbocycles. The average molecular weight is 925 g/mol. The average Bonchev–Trinajstić information content (AvgIpc) is 3.80. The highest BCUT2D eigenvalue weighted by molar-refractivity contribution is 8.77. The zero-order valence-electron chi connectivity index (χ0n) is 37.5. The van der Waals surface area contributed by atoms with Crippen LogP contribution >= 0.6 is 21.6 Å². The quantitative estimate of drug-likeness (QED) is 0.102. The van der Waals surface area contributed by atoms with Crippen molar-refractivity contribution < 1.29 is 57.8 Å². The van der Waals surface area contributed by atoms with E-state index in [1.807, 2.05) is 0 Å². The number of aliphatic hydroxyl groups excluding tert-OH is 2. The van der Waals surface area contributed by atoms with Crippen LogP contribution in [0.2, 0.25) is 0 Å². The van der Waals surface area contributed by atoms with Crippen LogP contribution in [0.15, 0.2) is 48.6 Å². The molecule has 3 fully saturated rings. The first-order chi connectivity index (χ1) is 30.5. The highest BCUT2D eigenvalue weighted by Crippen LogP contribution is 2.50. The molecule has 16 nitrogen and oxygen atoms in total. The Labute approximate surface area is 382 Å². The monoisotopic (exact) mass is 924 g/mol. The van der Waals surface area contributed by atoms with E-state index in [2.05, 4.69) is 20.1 Å². The molecule has 2 N–H and O–H groups in total. The van der Waals surface area contributed by atoms with E-state index in [4.69, 9.17) is 28.4 Å². The van der Waals surface area contributed by atoms with Crippen molar-refractivity contribution in [1.29, 1.82) is 0 Å². The number of hydrogen-bond acceptors (Lipinski definition) is 14. The molecule has 0 spiro atoms. The number of carbonyl (C=O) groups excluding carboxylic acids is 4. The number of anilines is 2. The van der Waals surface area contributed by atoms with Crippen LogP contribution in [0.5, 0.6) is 23.0 Å². The lowest BCUT2D eigenvalue weighted by Gasteiger charge is -2.40. The third kappa shape index (κ3) is 9.60. The van der Waals surface area contributed by atoms with E-state index in [1.54, 1.807) is 59.4 Å². The lowest BCUT2D eigenvalue weighted by atomic mass is 9.85. The maximum atomic E-state index is 14.0. The van der Waals surface area contributed by atoms with Gasteiger partial charge in [0.25, 0.3) is 11.8 Å². The maximum absolute atomic E-state index is 14.0. The second-order valence-electron chi connectivity index (χ2n) is 17.8. The number of nitrogens with zero attached hydrogens (tertiary/aromatic N) is 4. The molecular weight excluding hydrogens is 865 g/mol. The van der Waals surface area contributed by atoms with Crippen molar-refractivity contribution in [3.05, 3.63) is 59.7 Å². The van der Waals surface area contributed by atoms with Gasteiger partial charge in [-0.2, -0.15) is 0 Å². The number of hydrogen-bond donors (Lipinski definition) is 2. The van der Waals surface area contributed by atoms with E-state index >= 15 is 0 Å². The fraction of sp³-hybridized carbons (Fsp3) is 0.565. The summed E-state index contributed by atoms with van der Waals surface area (Å²) in [6.45, 7) is 16.5. The lowest BCUT2D eigenvalue weighted by molar-refractivity contribution is 0.0310. The summed E-state index contributed by atoms with van der Waals surface area (Å²) in [6.07, 6.45) is 1.04. The van der Waals surface area contributed by atoms with Crippen LogP contribution < -0.4 is 28.7 Å². The third-order valence-electron chi connectivity index (χ3n) is 12.0. The Morgan fingerprint density at radius 3 is 1.67 bits per heavy atom. The number of ether oxygens (including phenoxy) is 6. The summed E-state index contributed by atoms with van der Waals surface area (Å²) in [5.41, 5.74) is 1.32. The molecule has 348 valence electrons. The minimum Gasteiger partial charge on any atom is -0.493 e. The van der Waals surface area contributed by atoms with Gasteiger partial charge in [-0.05, 0) is 77.8 Å². The molecule has 5 aliphatic rings. The fourth-order valence-corrected chi connectivity index (χ4v) is 11.4. The number of aliphatic hydroxyl groups is 2. The summed E-state index contributed by atoms with van der Waals surface area (Å²) >= 11 is 0. The Morgan fingerprint density at radius 2 is 1.25 bits per heavy atom. The molecule has 4 aliphatic heterocycles. The second-order valence-corrected chi connectivity index (χ2v) is 20.9. The fourth-order valence-electron chi connectivity index (χ4n) is 8.70. The molecular formula is C46H60N4O12S2. The molecule has 2 aromatic carbocycles. The second kappa shape index (κ2) is 19.4. The van der Waals surface area contributed by atoms with Crippen LogP contribution in [-0.2, 0) is 9.47 Å². The van der Waals surface area contributed by atoms with Gasteiger partial charge in [-0.15, -0.1) is 0 Å². The summed E-state index contributed by atoms with van der Waals surface area (Å²) in [5.74, 6) is 1.33. The Bertz CT molecular complexity index is 2160. The minimum absolute atomic E-state index is 0.143. The van der Waals surface area contributed by atoms with Crippen LogP contribution in [0.3, 0.4) is 0 Å². The van der Waals surface area contributed by atoms with E-state index in [9.17, 15) is 29.4 Å². The maximum Gasteiger partial charge on any atom is 0.417 e. The van der Waals surface area contributed by atoms with Gasteiger partial charge >= 0.3 is 12.2 Å². The molecule has 0 bridgehead atoms. The van der Waals surface area contributed by atoms with E-state index in [-0.39, 0.29) is 89.2 Å². The Kier molecular flexibility index (Phi) is 14.3. The predicted octanol–water partition coefficient (Wildman–Crippen LogP) is 7.55. The van der Waals surface area contributed by atoms with Gasteiger partial charge in [0.15, 0.2) is 35.5 Å². The molecule has 0 aromatic heterocycles. The number of amides is 4. The number of fused-ring (bicyclic) bond motifs is 4. The number of carbonyl (C=O) groups is 4. The standard InChI is InChI=1S/C46H60N4O12S2/c1-9-63-64-46(14-13-15-46)26-61-43(55)49-31-22-37(35(57-7)20-29(31)39(51)47-24-27(2)18-33(47)41(49)53)59-16-11-10-12-17-60-38-23-32-30(21-36(38)58-8)40(52)48-25-28(3)19-34(48)42(54)50(32)44(56)62-45(4,5)6/h20-23,33-34,41-42,53-54H,2-3,9-19,24-26H2,1,4-8H3/t33-,34-,41?,42?/m0/s1. The van der Waals surface area contributed by atoms with Crippen molar-refractivity contribution >= 4 is 57.0 Å². The number of unbranched alkanes of at least 4 members (excludes halogenated alkanes) is 2. The van der Waals surface area contributed by atoms with Gasteiger partial charge in [0.05, 0.1) is 66.8 Å². The molecule has 18 heteroatoms. The number of methoxy groups -OCH3 is 2. The Balaban J connectivity index is 1.03. The highest BCUT2D eigenvalue weighted by atomic mass is 33.1. The summed E-state index contributed by atoms with van der Waals surface area (Å²) in [6, 6.07) is 4.74. The van der Waals surface area contributed by atoms with Gasteiger partial charge in [-0.25, -0.2) is 19.4 Å². The van der Waals surface area contributed by atoms with Crippen molar-refractivity contribution in [1.82, 2.24) is 9.80 Å². The van der Waals surface area contributed by atoms with Crippen LogP contribution in [-0.4, -0.2) is 132 Å². The Hall–Kier alpha value is -4.78. The van der Waals surface area contributed by atoms with Crippen molar-refractivity contribution in [2.24, 2.45) is 0 Å². The zero-order chi connectivity index (χ0) is 46.1. The summed E-state index contributed by atoms with van der Waals surface area (Å²) in [7, 11) is 6.40. The molecule has 64 heavy (non-hydrogen) atoms. The minimum atomic E-state index is -1.41. The summed E-state index contributed by atoms with van der Waals surface area (Å²) < 4.78 is 35.2. The third-order valence-corrected chi connectivity index (χ3v) is 15.4. The van der Waals surface area contributed by atoms with Gasteiger partial charge in [-0.3, -0.25) is 9.59 Å². The number of rotatable bonds is 15.